The van der Waals surface area contributed by atoms with E-state index in [1.54, 1.807) is 6.26 Å². The Kier molecular flexibility index (Phi) is 8.16. The maximum atomic E-state index is 5.59. The number of ether oxygens (including phenoxy) is 1. The van der Waals surface area contributed by atoms with E-state index in [-0.39, 0.29) is 0 Å². The predicted molar refractivity (Wildman–Crippen MR) is 98.4 cm³/mol. The van der Waals surface area contributed by atoms with Crippen LogP contribution in [0.15, 0.2) is 27.8 Å². The zero-order valence-corrected chi connectivity index (χ0v) is 15.3. The average molecular weight is 335 g/mol. The minimum atomic E-state index is 0.332. The molecule has 1 fully saturated rings. The van der Waals surface area contributed by atoms with Gasteiger partial charge in [0.1, 0.15) is 5.76 Å². The molecule has 136 valence electrons. The Bertz CT molecular complexity index is 465. The zero-order chi connectivity index (χ0) is 17.1. The molecule has 0 aliphatic heterocycles. The molecule has 1 aliphatic rings. The average Bonchev–Trinajstić information content (AvgIpc) is 3.25. The summed E-state index contributed by atoms with van der Waals surface area (Å²) in [6.07, 6.45) is 8.90. The number of nitrogens with zero attached hydrogens (tertiary/aromatic N) is 1. The lowest BCUT2D eigenvalue weighted by molar-refractivity contribution is 0.107. The van der Waals surface area contributed by atoms with Gasteiger partial charge in [0.2, 0.25) is 0 Å². The highest BCUT2D eigenvalue weighted by Crippen LogP contribution is 2.41. The van der Waals surface area contributed by atoms with Gasteiger partial charge in [0.25, 0.3) is 0 Å². The van der Waals surface area contributed by atoms with Crippen LogP contribution in [0.25, 0.3) is 0 Å². The van der Waals surface area contributed by atoms with Crippen LogP contribution in [0.5, 0.6) is 0 Å². The first-order valence-corrected chi connectivity index (χ1v) is 9.40. The van der Waals surface area contributed by atoms with Crippen LogP contribution in [0.2, 0.25) is 0 Å². The van der Waals surface area contributed by atoms with Crippen molar-refractivity contribution in [1.29, 1.82) is 0 Å². The van der Waals surface area contributed by atoms with Crippen LogP contribution in [-0.4, -0.2) is 38.8 Å². The monoisotopic (exact) mass is 335 g/mol. The molecule has 5 nitrogen and oxygen atoms in total. The molecule has 0 bridgehead atoms. The minimum Gasteiger partial charge on any atom is -0.469 e. The van der Waals surface area contributed by atoms with Crippen molar-refractivity contribution in [2.45, 2.75) is 52.4 Å². The highest BCUT2D eigenvalue weighted by Gasteiger charge is 2.33. The molecule has 1 aliphatic carbocycles. The molecule has 1 saturated carbocycles. The third-order valence-corrected chi connectivity index (χ3v) is 4.81. The maximum Gasteiger partial charge on any atom is 0.191 e. The number of guanidine groups is 1. The fourth-order valence-corrected chi connectivity index (χ4v) is 3.39. The van der Waals surface area contributed by atoms with Gasteiger partial charge in [-0.1, -0.05) is 12.8 Å². The number of rotatable bonds is 10. The summed E-state index contributed by atoms with van der Waals surface area (Å²) in [7, 11) is 0. The third kappa shape index (κ3) is 6.19. The van der Waals surface area contributed by atoms with E-state index in [1.165, 1.54) is 25.7 Å². The molecule has 0 amide bonds. The van der Waals surface area contributed by atoms with Crippen molar-refractivity contribution < 1.29 is 9.15 Å². The van der Waals surface area contributed by atoms with E-state index >= 15 is 0 Å². The van der Waals surface area contributed by atoms with Crippen LogP contribution in [-0.2, 0) is 11.2 Å². The van der Waals surface area contributed by atoms with E-state index in [9.17, 15) is 0 Å². The van der Waals surface area contributed by atoms with Gasteiger partial charge in [0.15, 0.2) is 5.96 Å². The lowest BCUT2D eigenvalue weighted by atomic mass is 9.83. The van der Waals surface area contributed by atoms with Gasteiger partial charge in [-0.05, 0) is 50.7 Å². The molecule has 1 aromatic rings. The third-order valence-electron chi connectivity index (χ3n) is 4.81. The fraction of sp³-hybridized carbons (Fsp3) is 0.737. The van der Waals surface area contributed by atoms with E-state index in [0.29, 0.717) is 5.41 Å². The van der Waals surface area contributed by atoms with Gasteiger partial charge >= 0.3 is 0 Å². The second kappa shape index (κ2) is 10.4. The smallest absolute Gasteiger partial charge is 0.191 e. The van der Waals surface area contributed by atoms with Gasteiger partial charge in [-0.15, -0.1) is 0 Å². The molecule has 0 radical (unpaired) electrons. The summed E-state index contributed by atoms with van der Waals surface area (Å²) in [5.74, 6) is 1.91. The summed E-state index contributed by atoms with van der Waals surface area (Å²) in [4.78, 5) is 4.87. The molecule has 5 heteroatoms. The minimum absolute atomic E-state index is 0.332. The summed E-state index contributed by atoms with van der Waals surface area (Å²) in [6, 6.07) is 3.93. The summed E-state index contributed by atoms with van der Waals surface area (Å²) < 4.78 is 11.0. The molecule has 0 aromatic carbocycles. The van der Waals surface area contributed by atoms with E-state index < -0.39 is 0 Å². The van der Waals surface area contributed by atoms with Gasteiger partial charge in [-0.25, -0.2) is 0 Å². The predicted octanol–water partition coefficient (Wildman–Crippen LogP) is 3.36. The number of hydrogen-bond acceptors (Lipinski definition) is 3. The normalized spacial score (nSPS) is 17.2. The van der Waals surface area contributed by atoms with Crippen molar-refractivity contribution in [2.24, 2.45) is 10.4 Å². The maximum absolute atomic E-state index is 5.59. The quantitative estimate of drug-likeness (QED) is 0.391. The Labute approximate surface area is 146 Å². The van der Waals surface area contributed by atoms with E-state index in [1.807, 2.05) is 12.1 Å². The van der Waals surface area contributed by atoms with Gasteiger partial charge in [0, 0.05) is 39.3 Å². The first kappa shape index (κ1) is 18.8. The van der Waals surface area contributed by atoms with Crippen molar-refractivity contribution in [3.05, 3.63) is 24.2 Å². The molecule has 2 N–H and O–H groups in total. The topological polar surface area (TPSA) is 58.8 Å². The Morgan fingerprint density at radius 3 is 2.79 bits per heavy atom. The Hall–Kier alpha value is -1.49. The van der Waals surface area contributed by atoms with Crippen LogP contribution < -0.4 is 10.6 Å². The molecule has 1 aromatic heterocycles. The molecule has 0 saturated heterocycles. The SMILES string of the molecule is CCNC(=NCC1(CCOCC)CCCC1)NCCc1ccco1. The summed E-state index contributed by atoms with van der Waals surface area (Å²) >= 11 is 0. The van der Waals surface area contributed by atoms with Gasteiger partial charge in [-0.2, -0.15) is 0 Å². The number of aliphatic imine (C=N–C) groups is 1. The van der Waals surface area contributed by atoms with Crippen LogP contribution in [0.3, 0.4) is 0 Å². The van der Waals surface area contributed by atoms with Crippen LogP contribution in [0.4, 0.5) is 0 Å². The molecule has 24 heavy (non-hydrogen) atoms. The van der Waals surface area contributed by atoms with Crippen molar-refractivity contribution in [3.8, 4) is 0 Å². The Morgan fingerprint density at radius 2 is 2.12 bits per heavy atom. The van der Waals surface area contributed by atoms with E-state index in [4.69, 9.17) is 14.1 Å². The second-order valence-electron chi connectivity index (χ2n) is 6.61. The Morgan fingerprint density at radius 1 is 1.29 bits per heavy atom. The molecular formula is C19H33N3O2. The van der Waals surface area contributed by atoms with Crippen LogP contribution >= 0.6 is 0 Å². The number of nitrogens with one attached hydrogen (secondary N) is 2. The molecule has 0 unspecified atom stereocenters. The standard InChI is InChI=1S/C19H33N3O2/c1-3-20-18(21-13-9-17-8-7-14-24-17)22-16-19(10-5-6-11-19)12-15-23-4-2/h7-8,14H,3-6,9-13,15-16H2,1-2H3,(H2,20,21,22). The van der Waals surface area contributed by atoms with Crippen LogP contribution in [0, 0.1) is 5.41 Å². The molecule has 2 rings (SSSR count). The lowest BCUT2D eigenvalue weighted by Crippen LogP contribution is -2.39. The molecule has 0 spiro atoms. The first-order valence-electron chi connectivity index (χ1n) is 9.40. The van der Waals surface area contributed by atoms with E-state index in [0.717, 1.165) is 57.4 Å². The first-order chi connectivity index (χ1) is 11.8. The van der Waals surface area contributed by atoms with Crippen molar-refractivity contribution in [3.63, 3.8) is 0 Å². The highest BCUT2D eigenvalue weighted by molar-refractivity contribution is 5.79. The Balaban J connectivity index is 1.84. The van der Waals surface area contributed by atoms with Crippen molar-refractivity contribution in [2.75, 3.05) is 32.8 Å². The molecular weight excluding hydrogens is 302 g/mol. The fourth-order valence-electron chi connectivity index (χ4n) is 3.39. The highest BCUT2D eigenvalue weighted by atomic mass is 16.5. The van der Waals surface area contributed by atoms with Gasteiger partial charge in [-0.3, -0.25) is 4.99 Å². The van der Waals surface area contributed by atoms with E-state index in [2.05, 4.69) is 24.5 Å². The molecule has 0 atom stereocenters. The van der Waals surface area contributed by atoms with Gasteiger partial charge in [0.05, 0.1) is 6.26 Å². The summed E-state index contributed by atoms with van der Waals surface area (Å²) in [5.41, 5.74) is 0.332. The molecule has 1 heterocycles. The lowest BCUT2D eigenvalue weighted by Gasteiger charge is -2.27. The number of furan rings is 1. The van der Waals surface area contributed by atoms with Crippen molar-refractivity contribution >= 4 is 5.96 Å². The summed E-state index contributed by atoms with van der Waals surface area (Å²) in [6.45, 7) is 8.40. The zero-order valence-electron chi connectivity index (χ0n) is 15.3. The van der Waals surface area contributed by atoms with Gasteiger partial charge < -0.3 is 19.8 Å². The van der Waals surface area contributed by atoms with Crippen molar-refractivity contribution in [1.82, 2.24) is 10.6 Å². The van der Waals surface area contributed by atoms with Crippen LogP contribution in [0.1, 0.15) is 51.7 Å². The number of hydrogen-bond donors (Lipinski definition) is 2. The second-order valence-corrected chi connectivity index (χ2v) is 6.61. The summed E-state index contributed by atoms with van der Waals surface area (Å²) in [5, 5.41) is 6.76. The largest absolute Gasteiger partial charge is 0.469 e.